The van der Waals surface area contributed by atoms with E-state index in [1.165, 1.54) is 0 Å². The van der Waals surface area contributed by atoms with E-state index in [4.69, 9.17) is 4.42 Å². The molecule has 3 rings (SSSR count). The number of likely N-dealkylation sites (N-methyl/N-ethyl adjacent to an activating group) is 1. The number of anilines is 1. The number of rotatable bonds is 5. The summed E-state index contributed by atoms with van der Waals surface area (Å²) in [7, 11) is 3.65. The molecule has 0 spiro atoms. The van der Waals surface area contributed by atoms with Gasteiger partial charge in [-0.25, -0.2) is 0 Å². The monoisotopic (exact) mass is 327 g/mol. The van der Waals surface area contributed by atoms with E-state index in [2.05, 4.69) is 10.2 Å². The van der Waals surface area contributed by atoms with Gasteiger partial charge in [0, 0.05) is 32.9 Å². The molecule has 1 aliphatic heterocycles. The van der Waals surface area contributed by atoms with Gasteiger partial charge in [-0.2, -0.15) is 0 Å². The van der Waals surface area contributed by atoms with Crippen molar-refractivity contribution in [2.75, 3.05) is 32.5 Å². The second kappa shape index (κ2) is 7.09. The number of furan rings is 1. The minimum absolute atomic E-state index is 0.143. The van der Waals surface area contributed by atoms with Crippen LogP contribution in [0.1, 0.15) is 18.6 Å². The number of carbonyl (C=O) groups is 1. The number of nitrogens with one attached hydrogen (secondary N) is 1. The molecule has 0 atom stereocenters. The van der Waals surface area contributed by atoms with Gasteiger partial charge in [0.25, 0.3) is 0 Å². The lowest BCUT2D eigenvalue weighted by Crippen LogP contribution is -2.57. The summed E-state index contributed by atoms with van der Waals surface area (Å²) in [5.74, 6) is 1.11. The second-order valence-corrected chi connectivity index (χ2v) is 6.63. The van der Waals surface area contributed by atoms with Crippen molar-refractivity contribution in [2.24, 2.45) is 0 Å². The molecule has 0 bridgehead atoms. The van der Waals surface area contributed by atoms with Crippen LogP contribution in [0, 0.1) is 0 Å². The highest BCUT2D eigenvalue weighted by Crippen LogP contribution is 2.29. The maximum absolute atomic E-state index is 12.9. The molecule has 1 fully saturated rings. The van der Waals surface area contributed by atoms with Crippen molar-refractivity contribution in [3.8, 4) is 0 Å². The summed E-state index contributed by atoms with van der Waals surface area (Å²) in [6.07, 6.45) is 3.26. The first-order chi connectivity index (χ1) is 11.6. The van der Waals surface area contributed by atoms with Gasteiger partial charge in [0.15, 0.2) is 0 Å². The van der Waals surface area contributed by atoms with Gasteiger partial charge in [0.05, 0.1) is 12.8 Å². The predicted octanol–water partition coefficient (Wildman–Crippen LogP) is 2.81. The number of amides is 1. The van der Waals surface area contributed by atoms with E-state index in [1.807, 2.05) is 56.6 Å². The predicted molar refractivity (Wildman–Crippen MR) is 94.7 cm³/mol. The van der Waals surface area contributed by atoms with E-state index in [1.54, 1.807) is 11.2 Å². The second-order valence-electron chi connectivity index (χ2n) is 6.63. The Balaban J connectivity index is 1.72. The van der Waals surface area contributed by atoms with E-state index in [0.717, 1.165) is 43.9 Å². The third-order valence-electron chi connectivity index (χ3n) is 4.64. The standard InChI is InChI=1S/C19H25N3O2/c1-21(2)18(23)19(20-16-7-4-3-5-8-16)10-12-22(13-11-19)15-17-9-6-14-24-17/h3-9,14,20H,10-13,15H2,1-2H3. The van der Waals surface area contributed by atoms with Crippen LogP contribution >= 0.6 is 0 Å². The third kappa shape index (κ3) is 3.62. The van der Waals surface area contributed by atoms with Crippen molar-refractivity contribution in [2.45, 2.75) is 24.9 Å². The lowest BCUT2D eigenvalue weighted by Gasteiger charge is -2.42. The molecule has 0 saturated carbocycles. The van der Waals surface area contributed by atoms with Gasteiger partial charge in [0.1, 0.15) is 11.3 Å². The molecule has 1 aliphatic rings. The molecule has 2 aromatic rings. The molecule has 2 heterocycles. The summed E-state index contributed by atoms with van der Waals surface area (Å²) >= 11 is 0. The topological polar surface area (TPSA) is 48.7 Å². The first-order valence-corrected chi connectivity index (χ1v) is 8.39. The zero-order chi connectivity index (χ0) is 17.0. The minimum atomic E-state index is -0.537. The van der Waals surface area contributed by atoms with Crippen molar-refractivity contribution < 1.29 is 9.21 Å². The van der Waals surface area contributed by atoms with Gasteiger partial charge in [-0.3, -0.25) is 9.69 Å². The number of hydrogen-bond acceptors (Lipinski definition) is 4. The Kier molecular flexibility index (Phi) is 4.90. The Morgan fingerprint density at radius 2 is 1.88 bits per heavy atom. The number of hydrogen-bond donors (Lipinski definition) is 1. The lowest BCUT2D eigenvalue weighted by atomic mass is 9.85. The first-order valence-electron chi connectivity index (χ1n) is 8.39. The molecule has 1 saturated heterocycles. The zero-order valence-electron chi connectivity index (χ0n) is 14.4. The van der Waals surface area contributed by atoms with Crippen molar-refractivity contribution >= 4 is 11.6 Å². The summed E-state index contributed by atoms with van der Waals surface area (Å²) in [6.45, 7) is 2.52. The smallest absolute Gasteiger partial charge is 0.247 e. The quantitative estimate of drug-likeness (QED) is 0.917. The highest BCUT2D eigenvalue weighted by atomic mass is 16.3. The Hall–Kier alpha value is -2.27. The summed E-state index contributed by atoms with van der Waals surface area (Å²) in [5.41, 5.74) is 0.456. The van der Waals surface area contributed by atoms with E-state index in [9.17, 15) is 4.79 Å². The van der Waals surface area contributed by atoms with E-state index in [0.29, 0.717) is 0 Å². The number of carbonyl (C=O) groups excluding carboxylic acids is 1. The van der Waals surface area contributed by atoms with Crippen molar-refractivity contribution in [1.82, 2.24) is 9.80 Å². The van der Waals surface area contributed by atoms with Crippen molar-refractivity contribution in [3.63, 3.8) is 0 Å². The minimum Gasteiger partial charge on any atom is -0.468 e. The number of nitrogens with zero attached hydrogens (tertiary/aromatic N) is 2. The van der Waals surface area contributed by atoms with Crippen LogP contribution in [0.15, 0.2) is 53.1 Å². The van der Waals surface area contributed by atoms with Crippen LogP contribution in [0.4, 0.5) is 5.69 Å². The highest BCUT2D eigenvalue weighted by Gasteiger charge is 2.42. The van der Waals surface area contributed by atoms with Crippen LogP contribution in [-0.2, 0) is 11.3 Å². The van der Waals surface area contributed by atoms with Crippen molar-refractivity contribution in [1.29, 1.82) is 0 Å². The van der Waals surface area contributed by atoms with Gasteiger partial charge >= 0.3 is 0 Å². The fourth-order valence-corrected chi connectivity index (χ4v) is 3.33. The fraction of sp³-hybridized carbons (Fsp3) is 0.421. The van der Waals surface area contributed by atoms with Gasteiger partial charge < -0.3 is 14.6 Å². The molecular formula is C19H25N3O2. The normalized spacial score (nSPS) is 17.4. The Bertz CT molecular complexity index is 645. The fourth-order valence-electron chi connectivity index (χ4n) is 3.33. The van der Waals surface area contributed by atoms with E-state index in [-0.39, 0.29) is 5.91 Å². The molecule has 1 N–H and O–H groups in total. The molecule has 0 unspecified atom stereocenters. The van der Waals surface area contributed by atoms with Gasteiger partial charge in [0.2, 0.25) is 5.91 Å². The van der Waals surface area contributed by atoms with Crippen LogP contribution in [0.3, 0.4) is 0 Å². The summed E-state index contributed by atoms with van der Waals surface area (Å²) in [4.78, 5) is 16.9. The largest absolute Gasteiger partial charge is 0.468 e. The average Bonchev–Trinajstić information content (AvgIpc) is 3.10. The van der Waals surface area contributed by atoms with Crippen LogP contribution in [0.2, 0.25) is 0 Å². The summed E-state index contributed by atoms with van der Waals surface area (Å²) in [5, 5.41) is 3.51. The summed E-state index contributed by atoms with van der Waals surface area (Å²) < 4.78 is 5.44. The summed E-state index contributed by atoms with van der Waals surface area (Å²) in [6, 6.07) is 13.9. The number of benzene rings is 1. The molecule has 128 valence electrons. The maximum Gasteiger partial charge on any atom is 0.247 e. The van der Waals surface area contributed by atoms with Crippen LogP contribution in [0.25, 0.3) is 0 Å². The van der Waals surface area contributed by atoms with E-state index >= 15 is 0 Å². The number of piperidine rings is 1. The van der Waals surface area contributed by atoms with Gasteiger partial charge in [-0.15, -0.1) is 0 Å². The maximum atomic E-state index is 12.9. The average molecular weight is 327 g/mol. The van der Waals surface area contributed by atoms with Gasteiger partial charge in [-0.05, 0) is 37.1 Å². The lowest BCUT2D eigenvalue weighted by molar-refractivity contribution is -0.135. The van der Waals surface area contributed by atoms with Crippen LogP contribution in [0.5, 0.6) is 0 Å². The molecule has 1 aromatic carbocycles. The Morgan fingerprint density at radius 3 is 2.46 bits per heavy atom. The SMILES string of the molecule is CN(C)C(=O)C1(Nc2ccccc2)CCN(Cc2ccco2)CC1. The van der Waals surface area contributed by atoms with Crippen LogP contribution in [-0.4, -0.2) is 48.4 Å². The molecule has 0 radical (unpaired) electrons. The third-order valence-corrected chi connectivity index (χ3v) is 4.64. The first kappa shape index (κ1) is 16.6. The molecular weight excluding hydrogens is 302 g/mol. The molecule has 1 amide bonds. The van der Waals surface area contributed by atoms with E-state index < -0.39 is 5.54 Å². The van der Waals surface area contributed by atoms with Crippen LogP contribution < -0.4 is 5.32 Å². The number of likely N-dealkylation sites (tertiary alicyclic amines) is 1. The molecule has 24 heavy (non-hydrogen) atoms. The Labute approximate surface area is 143 Å². The highest BCUT2D eigenvalue weighted by molar-refractivity contribution is 5.89. The zero-order valence-corrected chi connectivity index (χ0v) is 14.4. The Morgan fingerprint density at radius 1 is 1.17 bits per heavy atom. The van der Waals surface area contributed by atoms with Gasteiger partial charge in [-0.1, -0.05) is 18.2 Å². The number of para-hydroxylation sites is 1. The molecule has 1 aromatic heterocycles. The molecule has 5 nitrogen and oxygen atoms in total. The molecule has 0 aliphatic carbocycles. The molecule has 5 heteroatoms. The van der Waals surface area contributed by atoms with Crippen molar-refractivity contribution in [3.05, 3.63) is 54.5 Å².